The zero-order valence-corrected chi connectivity index (χ0v) is 77.0. The Hall–Kier alpha value is -9.86. The van der Waals surface area contributed by atoms with Crippen LogP contribution < -0.4 is 63.7 Å². The number of aliphatic hydroxyl groups excluding tert-OH is 1. The minimum absolute atomic E-state index is 0.00903. The number of piperidine rings is 1. The average Bonchev–Trinajstić information content (AvgIpc) is 1.49. The SMILES string of the molecule is CC[C@@H](CCCN=C(N)N)C(=O)N[C@@H](C)C(=O)C[C@@H](CNC(=O)CCSSCCNC1=C(C)C(=O)C2=C(C1=O)[C@@H](COC(N)=O)[C@@]1(C)[C@H]3N[C@H]3CN21)C(=O)NCCSC1CC(=O)N(c2ccc(/C(C)=N\NC(=O)[C@@]3(O)[C@H](O)[C@]4(CC)C=CCN5CC[C@@]6(c7cc([C@@]8(COC=O)C[C@@H]9CN(CCc%10c8[nH]c8ccccc%108)C[C@](O)(CC)C9)c(OC)cc7N(C)[C@@H]36)[C@@H]54)cc2)C1=O. The number of benzene rings is 3. The number of aliphatic hydroxyl groups is 3. The van der Waals surface area contributed by atoms with Crippen LogP contribution in [0.3, 0.4) is 0 Å². The molecule has 694 valence electrons. The van der Waals surface area contributed by atoms with Crippen LogP contribution in [0.15, 0.2) is 105 Å². The van der Waals surface area contributed by atoms with E-state index >= 15 is 4.79 Å². The van der Waals surface area contributed by atoms with Gasteiger partial charge in [-0.1, -0.05) is 84.8 Å². The number of amides is 7. The molecule has 11 aliphatic rings. The maximum atomic E-state index is 15.7. The lowest BCUT2D eigenvalue weighted by Crippen LogP contribution is -2.81. The maximum absolute atomic E-state index is 15.7. The number of anilines is 2. The standard InChI is InChI=1S/C92H121N17O17S3/c1-10-54(17-15-28-98-85(93)94)79(117)100-52(6)66(111)37-56(43-99-69(112)25-34-128-129-36-30-96-72-50(4)74(114)73-71(75(72)115)62(46-126-86(95)121)87(7)77-64(102-77)45-108(73)87)78(116)97-29-35-127-68-40-70(113)109(80(68)118)57-22-20-55(21-23-57)51(5)103-104-84(120)92(123)82-91(27-33-107-31-16-26-89(12-3,81(91)107)83(92)119)60-38-61(67(124-9)39-65(60)105(82)8)90(48-125-49-110)42-53-41-88(122,11-2)47-106(44-53)32-24-59-58-18-13-14-19-63(58)101-76(59)90/h13-14,16,18-23,26,38-39,49,52-54,56,62,64,68,77,81-83,96,101-102,119,122-123H,10-12,15,17,24-25,27-37,40-48H2,1-9H3,(H2,95,121)(H,97,116)(H,99,112)(H,100,117)(H,104,120)(H4,93,94,98)/b103-51-/t52-,53+,54-,56-,62+,64-,68?,77-,81-,82+,83+,87-,88-,89+,90-,91+,92-/m0/s1. The van der Waals surface area contributed by atoms with Gasteiger partial charge in [-0.2, -0.15) is 5.10 Å². The number of nitrogens with two attached hydrogens (primary N) is 3. The van der Waals surface area contributed by atoms with Gasteiger partial charge in [0.15, 0.2) is 17.3 Å². The van der Waals surface area contributed by atoms with E-state index in [1.54, 1.807) is 45.2 Å². The first-order valence-corrected chi connectivity index (χ1v) is 48.5. The number of para-hydroxylation sites is 1. The Kier molecular flexibility index (Phi) is 27.5. The first-order chi connectivity index (χ1) is 61.7. The third-order valence-electron chi connectivity index (χ3n) is 29.6. The number of methoxy groups -OCH3 is 1. The number of hydrogen-bond acceptors (Lipinski definition) is 28. The fourth-order valence-corrected chi connectivity index (χ4v) is 26.2. The van der Waals surface area contributed by atoms with Crippen LogP contribution in [0.2, 0.25) is 0 Å². The van der Waals surface area contributed by atoms with Crippen LogP contribution in [0, 0.1) is 29.1 Å². The smallest absolute Gasteiger partial charge is 0.404 e. The van der Waals surface area contributed by atoms with Gasteiger partial charge in [0.1, 0.15) is 25.1 Å². The number of guanidine groups is 1. The predicted molar refractivity (Wildman–Crippen MR) is 492 cm³/mol. The zero-order chi connectivity index (χ0) is 92.1. The summed E-state index contributed by atoms with van der Waals surface area (Å²) in [5.74, 6) is -5.02. The Bertz CT molecular complexity index is 5270. The number of carbonyl (C=O) groups is 11. The number of aliphatic imine (C=N–C) groups is 1. The van der Waals surface area contributed by atoms with E-state index in [0.29, 0.717) is 162 Å². The molecule has 34 nitrogen and oxygen atoms in total. The van der Waals surface area contributed by atoms with Crippen molar-refractivity contribution in [3.8, 4) is 5.75 Å². The second kappa shape index (κ2) is 37.8. The summed E-state index contributed by atoms with van der Waals surface area (Å²) in [4.78, 5) is 169. The molecule has 16 N–H and O–H groups in total. The molecule has 5 saturated heterocycles. The Morgan fingerprint density at radius 1 is 0.884 bits per heavy atom. The molecule has 18 atom stereocenters. The first-order valence-electron chi connectivity index (χ1n) is 45.0. The second-order valence-corrected chi connectivity index (χ2v) is 40.8. The number of hydrazone groups is 1. The van der Waals surface area contributed by atoms with Crippen LogP contribution in [-0.2, 0) is 74.7 Å². The summed E-state index contributed by atoms with van der Waals surface area (Å²) in [7, 11) is 6.29. The van der Waals surface area contributed by atoms with Gasteiger partial charge in [0, 0.05) is 188 Å². The van der Waals surface area contributed by atoms with E-state index in [2.05, 4.69) is 75.1 Å². The van der Waals surface area contributed by atoms with Crippen LogP contribution >= 0.6 is 33.3 Å². The van der Waals surface area contributed by atoms with Crippen molar-refractivity contribution in [1.82, 2.24) is 51.7 Å². The van der Waals surface area contributed by atoms with Gasteiger partial charge in [-0.05, 0) is 139 Å². The number of allylic oxidation sites excluding steroid dienone is 2. The van der Waals surface area contributed by atoms with Crippen LogP contribution in [0.4, 0.5) is 16.2 Å². The van der Waals surface area contributed by atoms with Crippen molar-refractivity contribution < 1.29 is 82.3 Å². The van der Waals surface area contributed by atoms with Gasteiger partial charge in [-0.15, -0.1) is 11.8 Å². The van der Waals surface area contributed by atoms with E-state index in [9.17, 15) is 63.3 Å². The number of fused-ring (bicyclic) bond motifs is 10. The number of Topliss-reactive ketones (excluding diaryl/α,β-unsaturated/α-hetero) is 3. The van der Waals surface area contributed by atoms with Crippen molar-refractivity contribution in [2.24, 2.45) is 56.4 Å². The number of carbonyl (C=O) groups excluding carboxylic acids is 11. The van der Waals surface area contributed by atoms with Crippen LogP contribution in [0.1, 0.15) is 147 Å². The third kappa shape index (κ3) is 17.0. The van der Waals surface area contributed by atoms with Gasteiger partial charge in [0.25, 0.3) is 12.4 Å². The minimum Gasteiger partial charge on any atom is -0.496 e. The number of ketones is 3. The summed E-state index contributed by atoms with van der Waals surface area (Å²) in [5, 5.41) is 59.4. The quantitative estimate of drug-likeness (QED) is 0.00290. The fraction of sp³-hybridized carbons (Fsp3) is 0.576. The summed E-state index contributed by atoms with van der Waals surface area (Å²) >= 11 is 1.16. The van der Waals surface area contributed by atoms with Gasteiger partial charge in [0.05, 0.1) is 69.7 Å². The van der Waals surface area contributed by atoms with Crippen molar-refractivity contribution in [1.29, 1.82) is 0 Å². The van der Waals surface area contributed by atoms with Gasteiger partial charge in [0.2, 0.25) is 41.1 Å². The molecule has 9 aliphatic heterocycles. The molecule has 2 aliphatic carbocycles. The normalized spacial score (nSPS) is 30.0. The molecule has 129 heavy (non-hydrogen) atoms. The number of piperazine rings is 1. The lowest BCUT2D eigenvalue weighted by Gasteiger charge is -2.63. The number of aromatic amines is 1. The highest BCUT2D eigenvalue weighted by Gasteiger charge is 2.79. The van der Waals surface area contributed by atoms with Crippen LogP contribution in [-0.4, -0.2) is 280 Å². The van der Waals surface area contributed by atoms with Crippen molar-refractivity contribution in [2.45, 2.75) is 195 Å². The molecule has 37 heteroatoms. The van der Waals surface area contributed by atoms with Gasteiger partial charge in [-0.3, -0.25) is 62.7 Å². The number of nitrogens with zero attached hydrogens (tertiary/aromatic N) is 7. The summed E-state index contributed by atoms with van der Waals surface area (Å²) < 4.78 is 17.9. The molecule has 1 saturated carbocycles. The monoisotopic (exact) mass is 1830 g/mol. The van der Waals surface area contributed by atoms with E-state index in [0.717, 1.165) is 49.9 Å². The van der Waals surface area contributed by atoms with Crippen molar-refractivity contribution >= 4 is 133 Å². The Morgan fingerprint density at radius 3 is 2.38 bits per heavy atom. The number of imide groups is 1. The number of thioether (sulfide) groups is 1. The molecule has 2 bridgehead atoms. The van der Waals surface area contributed by atoms with E-state index < -0.39 is 122 Å². The number of H-pyrrole nitrogens is 1. The second-order valence-electron chi connectivity index (χ2n) is 36.8. The largest absolute Gasteiger partial charge is 0.496 e. The van der Waals surface area contributed by atoms with Crippen LogP contribution in [0.25, 0.3) is 10.9 Å². The first kappa shape index (κ1) is 93.8. The molecule has 6 fully saturated rings. The molecule has 2 unspecified atom stereocenters. The number of primary amides is 1. The Balaban J connectivity index is 0.586. The summed E-state index contributed by atoms with van der Waals surface area (Å²) in [6.07, 6.45) is 5.35. The number of likely N-dealkylation sites (N-methyl/N-ethyl adjacent to an activating group) is 1. The van der Waals surface area contributed by atoms with Gasteiger partial charge >= 0.3 is 6.09 Å². The highest BCUT2D eigenvalue weighted by atomic mass is 33.1. The molecule has 1 aromatic heterocycles. The minimum atomic E-state index is -2.54. The molecule has 10 heterocycles. The molecule has 4 aromatic rings. The molecular weight excluding hydrogens is 1710 g/mol. The highest BCUT2D eigenvalue weighted by Crippen LogP contribution is 2.68. The van der Waals surface area contributed by atoms with Crippen molar-refractivity contribution in [2.75, 3.05) is 120 Å². The topological polar surface area (TPSA) is 493 Å². The number of nitrogens with one attached hydrogen (secondary N) is 7. The number of rotatable bonds is 38. The summed E-state index contributed by atoms with van der Waals surface area (Å²) in [6.45, 7) is 16.9. The fourth-order valence-electron chi connectivity index (χ4n) is 23.3. The van der Waals surface area contributed by atoms with Gasteiger partial charge < -0.3 is 88.1 Å². The molecule has 0 radical (unpaired) electrons. The Labute approximate surface area is 762 Å². The molecule has 7 amide bonds. The van der Waals surface area contributed by atoms with E-state index in [1.807, 2.05) is 74.9 Å². The summed E-state index contributed by atoms with van der Waals surface area (Å²) in [6, 6.07) is 16.5. The van der Waals surface area contributed by atoms with E-state index in [1.165, 1.54) is 28.5 Å². The molecular formula is C92H121N17O17S3. The predicted octanol–water partition coefficient (Wildman–Crippen LogP) is 3.73. The average molecular weight is 1830 g/mol. The number of ether oxygens (including phenoxy) is 3. The Morgan fingerprint density at radius 2 is 1.65 bits per heavy atom. The highest BCUT2D eigenvalue weighted by molar-refractivity contribution is 8.76. The van der Waals surface area contributed by atoms with E-state index in [-0.39, 0.29) is 110 Å². The molecule has 1 spiro atoms. The number of aromatic nitrogens is 1. The van der Waals surface area contributed by atoms with Gasteiger partial charge in [-0.25, -0.2) is 15.1 Å². The molecule has 3 aromatic carbocycles. The zero-order valence-electron chi connectivity index (χ0n) is 74.6. The number of hydrogen-bond donors (Lipinski definition) is 13. The third-order valence-corrected chi connectivity index (χ3v) is 33.2. The van der Waals surface area contributed by atoms with Crippen LogP contribution in [0.5, 0.6) is 5.75 Å². The summed E-state index contributed by atoms with van der Waals surface area (Å²) in [5.41, 5.74) is 18.9. The molecule has 15 rings (SSSR count). The maximum Gasteiger partial charge on any atom is 0.404 e. The lowest BCUT2D eigenvalue weighted by atomic mass is 9.47. The van der Waals surface area contributed by atoms with Crippen molar-refractivity contribution in [3.63, 3.8) is 0 Å². The van der Waals surface area contributed by atoms with E-state index in [4.69, 9.17) is 31.4 Å². The lowest BCUT2D eigenvalue weighted by molar-refractivity contribution is -0.203. The van der Waals surface area contributed by atoms with Crippen molar-refractivity contribution in [3.05, 3.63) is 123 Å².